The summed E-state index contributed by atoms with van der Waals surface area (Å²) in [6, 6.07) is 1.98. The Bertz CT molecular complexity index is 374. The first-order valence-electron chi connectivity index (χ1n) is 4.57. The molecule has 1 saturated heterocycles. The molecule has 2 unspecified atom stereocenters. The second kappa shape index (κ2) is 4.53. The summed E-state index contributed by atoms with van der Waals surface area (Å²) in [7, 11) is 0. The van der Waals surface area contributed by atoms with Crippen molar-refractivity contribution in [3.8, 4) is 0 Å². The van der Waals surface area contributed by atoms with Gasteiger partial charge in [0.05, 0.1) is 9.83 Å². The summed E-state index contributed by atoms with van der Waals surface area (Å²) < 4.78 is 2.04. The van der Waals surface area contributed by atoms with Crippen LogP contribution in [-0.2, 0) is 4.79 Å². The SMILES string of the molecule is NC1CCC(=O)NC1c1cc(Br)c(Br)s1. The van der Waals surface area contributed by atoms with E-state index in [0.717, 1.165) is 19.6 Å². The summed E-state index contributed by atoms with van der Waals surface area (Å²) in [6.45, 7) is 0. The van der Waals surface area contributed by atoms with Crippen molar-refractivity contribution in [2.75, 3.05) is 0 Å². The molecular weight excluding hydrogens is 344 g/mol. The van der Waals surface area contributed by atoms with E-state index in [4.69, 9.17) is 5.73 Å². The van der Waals surface area contributed by atoms with Gasteiger partial charge in [-0.1, -0.05) is 0 Å². The van der Waals surface area contributed by atoms with E-state index in [1.165, 1.54) is 0 Å². The van der Waals surface area contributed by atoms with Gasteiger partial charge in [-0.2, -0.15) is 0 Å². The fraction of sp³-hybridized carbons (Fsp3) is 0.444. The molecule has 3 N–H and O–H groups in total. The Kier molecular flexibility index (Phi) is 3.49. The molecule has 1 aliphatic heterocycles. The first-order valence-corrected chi connectivity index (χ1v) is 6.98. The predicted molar refractivity (Wildman–Crippen MR) is 67.8 cm³/mol. The summed E-state index contributed by atoms with van der Waals surface area (Å²) in [5, 5.41) is 2.93. The van der Waals surface area contributed by atoms with Gasteiger partial charge in [0.15, 0.2) is 0 Å². The fourth-order valence-corrected chi connectivity index (χ4v) is 3.83. The number of halogens is 2. The third-order valence-electron chi connectivity index (χ3n) is 2.42. The van der Waals surface area contributed by atoms with E-state index in [0.29, 0.717) is 6.42 Å². The number of amides is 1. The van der Waals surface area contributed by atoms with Gasteiger partial charge in [-0.25, -0.2) is 0 Å². The van der Waals surface area contributed by atoms with Gasteiger partial charge >= 0.3 is 0 Å². The molecule has 2 heterocycles. The predicted octanol–water partition coefficient (Wildman–Crippen LogP) is 2.55. The van der Waals surface area contributed by atoms with Gasteiger partial charge in [0.2, 0.25) is 5.91 Å². The summed E-state index contributed by atoms with van der Waals surface area (Å²) in [5.41, 5.74) is 5.99. The average Bonchev–Trinajstić information content (AvgIpc) is 2.51. The van der Waals surface area contributed by atoms with Crippen LogP contribution in [0.15, 0.2) is 14.3 Å². The third-order valence-corrected chi connectivity index (χ3v) is 5.76. The molecule has 1 aromatic rings. The number of carbonyl (C=O) groups is 1. The molecule has 82 valence electrons. The standard InChI is InChI=1S/C9H10Br2N2OS/c10-4-3-6(15-9(4)11)8-5(12)1-2-7(14)13-8/h3,5,8H,1-2,12H2,(H,13,14). The molecule has 0 aromatic carbocycles. The van der Waals surface area contributed by atoms with Gasteiger partial charge in [-0.05, 0) is 44.3 Å². The normalized spacial score (nSPS) is 26.5. The number of rotatable bonds is 1. The van der Waals surface area contributed by atoms with Crippen LogP contribution in [0, 0.1) is 0 Å². The lowest BCUT2D eigenvalue weighted by molar-refractivity contribution is -0.123. The molecule has 1 fully saturated rings. The number of hydrogen-bond acceptors (Lipinski definition) is 3. The molecule has 3 nitrogen and oxygen atoms in total. The van der Waals surface area contributed by atoms with Crippen molar-refractivity contribution in [1.82, 2.24) is 5.32 Å². The molecule has 0 aliphatic carbocycles. The summed E-state index contributed by atoms with van der Waals surface area (Å²) in [6.07, 6.45) is 1.29. The van der Waals surface area contributed by atoms with E-state index < -0.39 is 0 Å². The smallest absolute Gasteiger partial charge is 0.220 e. The van der Waals surface area contributed by atoms with Gasteiger partial charge in [-0.15, -0.1) is 11.3 Å². The van der Waals surface area contributed by atoms with Crippen molar-refractivity contribution >= 4 is 49.1 Å². The van der Waals surface area contributed by atoms with E-state index in [9.17, 15) is 4.79 Å². The molecule has 0 bridgehead atoms. The number of hydrogen-bond donors (Lipinski definition) is 2. The molecule has 2 atom stereocenters. The van der Waals surface area contributed by atoms with Crippen molar-refractivity contribution in [3.63, 3.8) is 0 Å². The van der Waals surface area contributed by atoms with Gasteiger partial charge in [0.1, 0.15) is 0 Å². The van der Waals surface area contributed by atoms with E-state index in [-0.39, 0.29) is 18.0 Å². The first kappa shape index (κ1) is 11.6. The van der Waals surface area contributed by atoms with Crippen LogP contribution in [-0.4, -0.2) is 11.9 Å². The molecule has 0 radical (unpaired) electrons. The third kappa shape index (κ3) is 2.43. The van der Waals surface area contributed by atoms with E-state index >= 15 is 0 Å². The molecule has 0 saturated carbocycles. The number of nitrogens with two attached hydrogens (primary N) is 1. The van der Waals surface area contributed by atoms with Crippen LogP contribution < -0.4 is 11.1 Å². The van der Waals surface area contributed by atoms with E-state index in [1.807, 2.05) is 6.07 Å². The Morgan fingerprint density at radius 3 is 2.87 bits per heavy atom. The quantitative estimate of drug-likeness (QED) is 0.815. The number of thiophene rings is 1. The molecule has 1 amide bonds. The van der Waals surface area contributed by atoms with E-state index in [1.54, 1.807) is 11.3 Å². The minimum Gasteiger partial charge on any atom is -0.347 e. The maximum atomic E-state index is 11.3. The molecule has 1 aliphatic rings. The summed E-state index contributed by atoms with van der Waals surface area (Å²) >= 11 is 8.47. The summed E-state index contributed by atoms with van der Waals surface area (Å²) in [5.74, 6) is 0.0855. The second-order valence-electron chi connectivity index (χ2n) is 3.52. The van der Waals surface area contributed by atoms with Crippen molar-refractivity contribution in [1.29, 1.82) is 0 Å². The number of carbonyl (C=O) groups excluding carboxylic acids is 1. The number of nitrogens with one attached hydrogen (secondary N) is 1. The van der Waals surface area contributed by atoms with Crippen molar-refractivity contribution < 1.29 is 4.79 Å². The molecule has 15 heavy (non-hydrogen) atoms. The highest BCUT2D eigenvalue weighted by Gasteiger charge is 2.28. The van der Waals surface area contributed by atoms with Crippen molar-refractivity contribution in [2.45, 2.75) is 24.9 Å². The zero-order valence-corrected chi connectivity index (χ0v) is 11.8. The molecule has 0 spiro atoms. The molecule has 6 heteroatoms. The lowest BCUT2D eigenvalue weighted by Crippen LogP contribution is -2.45. The highest BCUT2D eigenvalue weighted by atomic mass is 79.9. The van der Waals surface area contributed by atoms with Crippen molar-refractivity contribution in [2.24, 2.45) is 5.73 Å². The Hall–Kier alpha value is 0.0900. The Balaban J connectivity index is 2.24. The van der Waals surface area contributed by atoms with Crippen LogP contribution in [0.2, 0.25) is 0 Å². The zero-order chi connectivity index (χ0) is 11.0. The maximum Gasteiger partial charge on any atom is 0.220 e. The zero-order valence-electron chi connectivity index (χ0n) is 7.80. The summed E-state index contributed by atoms with van der Waals surface area (Å²) in [4.78, 5) is 12.4. The van der Waals surface area contributed by atoms with Crippen LogP contribution in [0.1, 0.15) is 23.8 Å². The van der Waals surface area contributed by atoms with Crippen molar-refractivity contribution in [3.05, 3.63) is 19.2 Å². The molecule has 1 aromatic heterocycles. The lowest BCUT2D eigenvalue weighted by atomic mass is 9.98. The first-order chi connectivity index (χ1) is 7.08. The number of piperidine rings is 1. The highest BCUT2D eigenvalue weighted by molar-refractivity contribution is 9.13. The lowest BCUT2D eigenvalue weighted by Gasteiger charge is -2.28. The van der Waals surface area contributed by atoms with Crippen LogP contribution >= 0.6 is 43.2 Å². The Labute approximate surface area is 109 Å². The topological polar surface area (TPSA) is 55.1 Å². The average molecular weight is 354 g/mol. The Morgan fingerprint density at radius 2 is 2.27 bits per heavy atom. The van der Waals surface area contributed by atoms with Gasteiger partial charge < -0.3 is 11.1 Å². The minimum atomic E-state index is -0.0427. The van der Waals surface area contributed by atoms with Gasteiger partial charge in [0.25, 0.3) is 0 Å². The largest absolute Gasteiger partial charge is 0.347 e. The van der Waals surface area contributed by atoms with E-state index in [2.05, 4.69) is 37.2 Å². The van der Waals surface area contributed by atoms with Gasteiger partial charge in [0, 0.05) is 21.8 Å². The molecular formula is C9H10Br2N2OS. The second-order valence-corrected chi connectivity index (χ2v) is 6.77. The minimum absolute atomic E-state index is 0.0140. The van der Waals surface area contributed by atoms with Crippen LogP contribution in [0.3, 0.4) is 0 Å². The maximum absolute atomic E-state index is 11.3. The van der Waals surface area contributed by atoms with Crippen LogP contribution in [0.5, 0.6) is 0 Å². The van der Waals surface area contributed by atoms with Crippen LogP contribution in [0.25, 0.3) is 0 Å². The highest BCUT2D eigenvalue weighted by Crippen LogP contribution is 2.37. The fourth-order valence-electron chi connectivity index (χ4n) is 1.62. The molecule has 2 rings (SSSR count). The van der Waals surface area contributed by atoms with Crippen LogP contribution in [0.4, 0.5) is 0 Å². The van der Waals surface area contributed by atoms with Gasteiger partial charge in [-0.3, -0.25) is 4.79 Å². The monoisotopic (exact) mass is 352 g/mol. The Morgan fingerprint density at radius 1 is 1.53 bits per heavy atom.